The van der Waals surface area contributed by atoms with Crippen LogP contribution in [0.2, 0.25) is 0 Å². The van der Waals surface area contributed by atoms with E-state index in [2.05, 4.69) is 26.1 Å². The van der Waals surface area contributed by atoms with E-state index in [-0.39, 0.29) is 6.54 Å². The first-order valence-electron chi connectivity index (χ1n) is 5.45. The van der Waals surface area contributed by atoms with Crippen molar-refractivity contribution >= 4 is 15.9 Å². The molecule has 2 rings (SSSR count). The minimum absolute atomic E-state index is 0.366. The van der Waals surface area contributed by atoms with E-state index in [4.69, 9.17) is 0 Å². The smallest absolute Gasteiger partial charge is 0.257 e. The lowest BCUT2D eigenvalue weighted by Gasteiger charge is -1.98. The minimum Gasteiger partial charge on any atom is -0.274 e. The van der Waals surface area contributed by atoms with Gasteiger partial charge in [-0.3, -0.25) is 9.36 Å². The number of rotatable bonds is 4. The molecule has 7 heteroatoms. The van der Waals surface area contributed by atoms with Crippen LogP contribution >= 0.6 is 15.9 Å². The molecule has 0 aliphatic heterocycles. The highest BCUT2D eigenvalue weighted by atomic mass is 79.9. The topological polar surface area (TPSA) is 35.6 Å². The lowest BCUT2D eigenvalue weighted by Crippen LogP contribution is -2.06. The van der Waals surface area contributed by atoms with Crippen LogP contribution in [0.4, 0.5) is 8.78 Å². The lowest BCUT2D eigenvalue weighted by atomic mass is 10.1. The Morgan fingerprint density at radius 1 is 1.28 bits per heavy atom. The Kier molecular flexibility index (Phi) is 3.79. The third-order valence-electron chi connectivity index (χ3n) is 2.61. The molecule has 0 atom stereocenters. The van der Waals surface area contributed by atoms with Gasteiger partial charge in [0.15, 0.2) is 0 Å². The highest BCUT2D eigenvalue weighted by Crippen LogP contribution is 2.19. The van der Waals surface area contributed by atoms with Crippen LogP contribution in [-0.4, -0.2) is 26.0 Å². The SMILES string of the molecule is Cc1nn(CC(F)F)cc1Cc1cn(C)nc1Br. The Hall–Kier alpha value is -1.24. The van der Waals surface area contributed by atoms with Gasteiger partial charge < -0.3 is 0 Å². The minimum atomic E-state index is -2.39. The Labute approximate surface area is 112 Å². The molecular weight excluding hydrogens is 306 g/mol. The van der Waals surface area contributed by atoms with Crippen molar-refractivity contribution in [3.63, 3.8) is 0 Å². The van der Waals surface area contributed by atoms with Crippen molar-refractivity contribution in [2.24, 2.45) is 7.05 Å². The van der Waals surface area contributed by atoms with Crippen LogP contribution in [0.3, 0.4) is 0 Å². The predicted molar refractivity (Wildman–Crippen MR) is 66.7 cm³/mol. The Morgan fingerprint density at radius 2 is 2.00 bits per heavy atom. The molecule has 0 aliphatic rings. The first-order chi connectivity index (χ1) is 8.45. The zero-order valence-corrected chi connectivity index (χ0v) is 11.7. The molecule has 0 fully saturated rings. The summed E-state index contributed by atoms with van der Waals surface area (Å²) in [4.78, 5) is 0. The number of alkyl halides is 2. The first-order valence-corrected chi connectivity index (χ1v) is 6.24. The molecule has 0 saturated carbocycles. The van der Waals surface area contributed by atoms with Gasteiger partial charge in [0.1, 0.15) is 11.1 Å². The summed E-state index contributed by atoms with van der Waals surface area (Å²) in [5.41, 5.74) is 2.72. The normalized spacial score (nSPS) is 11.4. The maximum atomic E-state index is 12.3. The summed E-state index contributed by atoms with van der Waals surface area (Å²) in [6, 6.07) is 0. The van der Waals surface area contributed by atoms with Crippen molar-refractivity contribution in [1.82, 2.24) is 19.6 Å². The highest BCUT2D eigenvalue weighted by Gasteiger charge is 2.12. The molecule has 0 N–H and O–H groups in total. The van der Waals surface area contributed by atoms with Crippen LogP contribution in [0.1, 0.15) is 16.8 Å². The second-order valence-corrected chi connectivity index (χ2v) is 4.90. The van der Waals surface area contributed by atoms with Crippen LogP contribution in [0.5, 0.6) is 0 Å². The summed E-state index contributed by atoms with van der Waals surface area (Å²) < 4.78 is 28.3. The van der Waals surface area contributed by atoms with Crippen molar-refractivity contribution in [1.29, 1.82) is 0 Å². The number of hydrogen-bond acceptors (Lipinski definition) is 2. The van der Waals surface area contributed by atoms with Gasteiger partial charge in [0.25, 0.3) is 6.43 Å². The van der Waals surface area contributed by atoms with Crippen molar-refractivity contribution in [3.05, 3.63) is 33.8 Å². The average molecular weight is 319 g/mol. The fourth-order valence-corrected chi connectivity index (χ4v) is 2.29. The average Bonchev–Trinajstić information content (AvgIpc) is 2.71. The molecule has 0 amide bonds. The van der Waals surface area contributed by atoms with Crippen molar-refractivity contribution in [2.75, 3.05) is 0 Å². The molecule has 2 aromatic heterocycles. The Bertz CT molecular complexity index is 547. The second kappa shape index (κ2) is 5.17. The van der Waals surface area contributed by atoms with Crippen LogP contribution in [-0.2, 0) is 20.0 Å². The molecule has 0 saturated heterocycles. The maximum Gasteiger partial charge on any atom is 0.257 e. The number of aryl methyl sites for hydroxylation is 2. The van der Waals surface area contributed by atoms with Gasteiger partial charge in [-0.2, -0.15) is 10.2 Å². The van der Waals surface area contributed by atoms with Crippen molar-refractivity contribution < 1.29 is 8.78 Å². The molecule has 0 unspecified atom stereocenters. The van der Waals surface area contributed by atoms with Gasteiger partial charge in [-0.25, -0.2) is 8.78 Å². The van der Waals surface area contributed by atoms with Gasteiger partial charge in [0.05, 0.1) is 5.69 Å². The van der Waals surface area contributed by atoms with Gasteiger partial charge in [0.2, 0.25) is 0 Å². The summed E-state index contributed by atoms with van der Waals surface area (Å²) in [5, 5.41) is 8.26. The molecule has 2 aromatic rings. The van der Waals surface area contributed by atoms with Crippen molar-refractivity contribution in [3.8, 4) is 0 Å². The largest absolute Gasteiger partial charge is 0.274 e. The molecule has 0 bridgehead atoms. The molecule has 0 radical (unpaired) electrons. The van der Waals surface area contributed by atoms with Crippen LogP contribution < -0.4 is 0 Å². The zero-order valence-electron chi connectivity index (χ0n) is 10.1. The number of hydrogen-bond donors (Lipinski definition) is 0. The first kappa shape index (κ1) is 13.2. The van der Waals surface area contributed by atoms with Crippen LogP contribution in [0, 0.1) is 6.92 Å². The van der Waals surface area contributed by atoms with Crippen LogP contribution in [0.25, 0.3) is 0 Å². The molecular formula is C11H13BrF2N4. The van der Waals surface area contributed by atoms with Gasteiger partial charge in [-0.05, 0) is 28.4 Å². The Morgan fingerprint density at radius 3 is 2.56 bits per heavy atom. The maximum absolute atomic E-state index is 12.3. The summed E-state index contributed by atoms with van der Waals surface area (Å²) in [6.45, 7) is 1.45. The number of halogens is 3. The van der Waals surface area contributed by atoms with Gasteiger partial charge >= 0.3 is 0 Å². The quantitative estimate of drug-likeness (QED) is 0.868. The summed E-state index contributed by atoms with van der Waals surface area (Å²) in [6.07, 6.45) is 1.81. The van der Waals surface area contributed by atoms with E-state index in [9.17, 15) is 8.78 Å². The van der Waals surface area contributed by atoms with Gasteiger partial charge in [0, 0.05) is 31.4 Å². The molecule has 18 heavy (non-hydrogen) atoms. The van der Waals surface area contributed by atoms with E-state index in [0.717, 1.165) is 21.4 Å². The molecule has 2 heterocycles. The standard InChI is InChI=1S/C11H13BrF2N4/c1-7-8(5-18(15-7)6-10(13)14)3-9-4-17(2)16-11(9)12/h4-5,10H,3,6H2,1-2H3. The molecule has 98 valence electrons. The predicted octanol–water partition coefficient (Wildman–Crippen LogP) is 2.54. The van der Waals surface area contributed by atoms with E-state index < -0.39 is 6.43 Å². The third kappa shape index (κ3) is 2.95. The summed E-state index contributed by atoms with van der Waals surface area (Å²) >= 11 is 3.37. The third-order valence-corrected chi connectivity index (χ3v) is 3.28. The highest BCUT2D eigenvalue weighted by molar-refractivity contribution is 9.10. The molecule has 0 aromatic carbocycles. The summed E-state index contributed by atoms with van der Waals surface area (Å²) in [5.74, 6) is 0. The van der Waals surface area contributed by atoms with E-state index in [0.29, 0.717) is 6.42 Å². The lowest BCUT2D eigenvalue weighted by molar-refractivity contribution is 0.121. The van der Waals surface area contributed by atoms with E-state index in [1.807, 2.05) is 20.2 Å². The van der Waals surface area contributed by atoms with Gasteiger partial charge in [-0.1, -0.05) is 0 Å². The van der Waals surface area contributed by atoms with Crippen LogP contribution in [0.15, 0.2) is 17.0 Å². The summed E-state index contributed by atoms with van der Waals surface area (Å²) in [7, 11) is 1.83. The second-order valence-electron chi connectivity index (χ2n) is 4.15. The number of nitrogens with zero attached hydrogens (tertiary/aromatic N) is 4. The zero-order chi connectivity index (χ0) is 13.3. The molecule has 0 aliphatic carbocycles. The Balaban J connectivity index is 2.19. The monoisotopic (exact) mass is 318 g/mol. The molecule has 0 spiro atoms. The fourth-order valence-electron chi connectivity index (χ4n) is 1.80. The van der Waals surface area contributed by atoms with Gasteiger partial charge in [-0.15, -0.1) is 0 Å². The molecule has 4 nitrogen and oxygen atoms in total. The number of aromatic nitrogens is 4. The van der Waals surface area contributed by atoms with E-state index in [1.165, 1.54) is 4.68 Å². The van der Waals surface area contributed by atoms with Crippen molar-refractivity contribution in [2.45, 2.75) is 26.3 Å². The van der Waals surface area contributed by atoms with E-state index in [1.54, 1.807) is 10.9 Å². The fraction of sp³-hybridized carbons (Fsp3) is 0.455. The van der Waals surface area contributed by atoms with E-state index >= 15 is 0 Å².